The summed E-state index contributed by atoms with van der Waals surface area (Å²) in [6.45, 7) is 8.30. The Labute approximate surface area is 140 Å². The fraction of sp³-hybridized carbons (Fsp3) is 0.688. The van der Waals surface area contributed by atoms with Gasteiger partial charge in [0.25, 0.3) is 0 Å². The molecule has 0 radical (unpaired) electrons. The van der Waals surface area contributed by atoms with Crippen LogP contribution in [0, 0.1) is 20.8 Å². The average molecular weight is 336 g/mol. The monoisotopic (exact) mass is 336 g/mol. The number of ether oxygens (including phenoxy) is 2. The first kappa shape index (κ1) is 16.9. The first-order valence-corrected chi connectivity index (χ1v) is 8.17. The first-order chi connectivity index (χ1) is 11.4. The second-order valence-electron chi connectivity index (χ2n) is 6.53. The van der Waals surface area contributed by atoms with Gasteiger partial charge in [-0.1, -0.05) is 0 Å². The summed E-state index contributed by atoms with van der Waals surface area (Å²) < 4.78 is 13.2. The van der Waals surface area contributed by atoms with Crippen molar-refractivity contribution < 1.29 is 19.1 Å². The van der Waals surface area contributed by atoms with Crippen molar-refractivity contribution in [2.75, 3.05) is 13.2 Å². The van der Waals surface area contributed by atoms with Crippen LogP contribution < -0.4 is 10.6 Å². The van der Waals surface area contributed by atoms with Crippen LogP contribution >= 0.6 is 0 Å². The predicted molar refractivity (Wildman–Crippen MR) is 85.5 cm³/mol. The van der Waals surface area contributed by atoms with Crippen molar-refractivity contribution in [2.45, 2.75) is 58.5 Å². The van der Waals surface area contributed by atoms with Gasteiger partial charge in [-0.3, -0.25) is 14.3 Å². The molecule has 0 bridgehead atoms. The van der Waals surface area contributed by atoms with Crippen LogP contribution in [0.3, 0.4) is 0 Å². The highest BCUT2D eigenvalue weighted by Gasteiger charge is 2.48. The van der Waals surface area contributed by atoms with Crippen molar-refractivity contribution in [1.29, 1.82) is 0 Å². The number of amides is 2. The molecule has 0 aliphatic carbocycles. The highest BCUT2D eigenvalue weighted by Crippen LogP contribution is 2.27. The number of nitrogens with zero attached hydrogens (tertiary/aromatic N) is 2. The first-order valence-electron chi connectivity index (χ1n) is 8.17. The number of carbonyl (C=O) groups excluding carboxylic acids is 2. The van der Waals surface area contributed by atoms with Crippen molar-refractivity contribution in [3.63, 3.8) is 0 Å². The van der Waals surface area contributed by atoms with Gasteiger partial charge in [-0.2, -0.15) is 5.10 Å². The molecule has 2 saturated heterocycles. The summed E-state index contributed by atoms with van der Waals surface area (Å²) in [5, 5.41) is 10.2. The second-order valence-corrected chi connectivity index (χ2v) is 6.53. The lowest BCUT2D eigenvalue weighted by Crippen LogP contribution is -2.47. The molecule has 2 fully saturated rings. The van der Waals surface area contributed by atoms with Gasteiger partial charge in [0.05, 0.1) is 31.0 Å². The second kappa shape index (κ2) is 6.52. The molecule has 2 amide bonds. The van der Waals surface area contributed by atoms with Gasteiger partial charge in [-0.05, 0) is 26.3 Å². The number of fused-ring (bicyclic) bond motifs is 1. The van der Waals surface area contributed by atoms with Crippen LogP contribution in [-0.4, -0.2) is 59.1 Å². The number of aromatic nitrogens is 2. The maximum absolute atomic E-state index is 12.3. The Bertz CT molecular complexity index is 657. The minimum absolute atomic E-state index is 0.111. The minimum atomic E-state index is -0.229. The van der Waals surface area contributed by atoms with Gasteiger partial charge in [0, 0.05) is 12.6 Å². The number of nitrogens with one attached hydrogen (secondary N) is 2. The molecule has 3 heterocycles. The third kappa shape index (κ3) is 3.16. The highest BCUT2D eigenvalue weighted by molar-refractivity contribution is 5.76. The summed E-state index contributed by atoms with van der Waals surface area (Å²) in [7, 11) is 0. The summed E-state index contributed by atoms with van der Waals surface area (Å²) in [6.07, 6.45) is -0.442. The van der Waals surface area contributed by atoms with Gasteiger partial charge in [0.1, 0.15) is 18.8 Å². The van der Waals surface area contributed by atoms with Gasteiger partial charge in [0.15, 0.2) is 0 Å². The molecule has 2 aliphatic heterocycles. The van der Waals surface area contributed by atoms with Gasteiger partial charge < -0.3 is 20.1 Å². The van der Waals surface area contributed by atoms with E-state index in [9.17, 15) is 9.59 Å². The number of hydrogen-bond acceptors (Lipinski definition) is 5. The number of carbonyl (C=O) groups is 2. The molecule has 0 aromatic carbocycles. The number of aryl methyl sites for hydroxylation is 1. The van der Waals surface area contributed by atoms with Crippen molar-refractivity contribution in [3.8, 4) is 0 Å². The van der Waals surface area contributed by atoms with Crippen LogP contribution in [0.15, 0.2) is 0 Å². The van der Waals surface area contributed by atoms with Crippen LogP contribution in [0.5, 0.6) is 0 Å². The molecule has 1 aromatic rings. The quantitative estimate of drug-likeness (QED) is 0.780. The third-order valence-corrected chi connectivity index (χ3v) is 4.83. The maximum atomic E-state index is 12.3. The van der Waals surface area contributed by atoms with Gasteiger partial charge in [-0.15, -0.1) is 0 Å². The van der Waals surface area contributed by atoms with E-state index in [2.05, 4.69) is 15.7 Å². The third-order valence-electron chi connectivity index (χ3n) is 4.83. The largest absolute Gasteiger partial charge is 0.371 e. The molecule has 24 heavy (non-hydrogen) atoms. The zero-order valence-corrected chi connectivity index (χ0v) is 14.5. The highest BCUT2D eigenvalue weighted by atomic mass is 16.6. The van der Waals surface area contributed by atoms with Crippen LogP contribution in [0.2, 0.25) is 0 Å². The fourth-order valence-corrected chi connectivity index (χ4v) is 3.34. The maximum Gasteiger partial charge on any atom is 0.242 e. The lowest BCUT2D eigenvalue weighted by Gasteiger charge is -2.18. The summed E-state index contributed by atoms with van der Waals surface area (Å²) in [5.74, 6) is -0.235. The predicted octanol–water partition coefficient (Wildman–Crippen LogP) is -0.405. The van der Waals surface area contributed by atoms with Crippen molar-refractivity contribution in [2.24, 2.45) is 0 Å². The molecule has 8 heteroatoms. The van der Waals surface area contributed by atoms with E-state index < -0.39 is 0 Å². The standard InChI is InChI=1S/C16H24N4O4/c1-8-9(2)19-20(10(8)3)5-14(22)18-13-7-24-15-12(17-11(4)21)6-23-16(13)15/h12-13,15-16H,5-7H2,1-4H3,(H,17,21)(H,18,22)/t12-,13-,15+,16+/m0/s1. The minimum Gasteiger partial charge on any atom is -0.371 e. The van der Waals surface area contributed by atoms with E-state index >= 15 is 0 Å². The van der Waals surface area contributed by atoms with E-state index in [0.29, 0.717) is 13.2 Å². The molecular formula is C16H24N4O4. The summed E-state index contributed by atoms with van der Waals surface area (Å²) in [4.78, 5) is 23.5. The zero-order valence-electron chi connectivity index (χ0n) is 14.5. The molecule has 0 spiro atoms. The average Bonchev–Trinajstić information content (AvgIpc) is 3.14. The molecule has 0 unspecified atom stereocenters. The number of hydrogen-bond donors (Lipinski definition) is 2. The number of rotatable bonds is 4. The smallest absolute Gasteiger partial charge is 0.242 e. The van der Waals surface area contributed by atoms with Gasteiger partial charge in [-0.25, -0.2) is 0 Å². The molecule has 8 nitrogen and oxygen atoms in total. The van der Waals surface area contributed by atoms with E-state index in [0.717, 1.165) is 17.0 Å². The van der Waals surface area contributed by atoms with Crippen LogP contribution in [-0.2, 0) is 25.6 Å². The molecule has 1 aromatic heterocycles. The molecule has 0 saturated carbocycles. The van der Waals surface area contributed by atoms with Gasteiger partial charge in [0.2, 0.25) is 11.8 Å². The Morgan fingerprint density at radius 3 is 2.21 bits per heavy atom. The molecule has 2 N–H and O–H groups in total. The van der Waals surface area contributed by atoms with Crippen molar-refractivity contribution in [3.05, 3.63) is 17.0 Å². The Balaban J connectivity index is 1.58. The van der Waals surface area contributed by atoms with Crippen molar-refractivity contribution >= 4 is 11.8 Å². The lowest BCUT2D eigenvalue weighted by molar-refractivity contribution is -0.123. The molecule has 132 valence electrons. The van der Waals surface area contributed by atoms with Crippen LogP contribution in [0.25, 0.3) is 0 Å². The molecular weight excluding hydrogens is 312 g/mol. The summed E-state index contributed by atoms with van der Waals surface area (Å²) >= 11 is 0. The van der Waals surface area contributed by atoms with E-state index in [-0.39, 0.29) is 42.7 Å². The van der Waals surface area contributed by atoms with E-state index in [1.165, 1.54) is 6.92 Å². The topological polar surface area (TPSA) is 94.5 Å². The Morgan fingerprint density at radius 1 is 1.12 bits per heavy atom. The lowest BCUT2D eigenvalue weighted by atomic mass is 10.1. The Hall–Kier alpha value is -1.93. The zero-order chi connectivity index (χ0) is 17.4. The van der Waals surface area contributed by atoms with E-state index in [1.807, 2.05) is 20.8 Å². The fourth-order valence-electron chi connectivity index (χ4n) is 3.34. The Kier molecular flexibility index (Phi) is 4.60. The SMILES string of the molecule is CC(=O)N[C@H]1CO[C@H]2[C@@H]1OC[C@@H]2NC(=O)Cn1nc(C)c(C)c1C. The molecule has 4 atom stereocenters. The van der Waals surface area contributed by atoms with Crippen LogP contribution in [0.4, 0.5) is 0 Å². The van der Waals surface area contributed by atoms with Gasteiger partial charge >= 0.3 is 0 Å². The Morgan fingerprint density at radius 2 is 1.71 bits per heavy atom. The van der Waals surface area contributed by atoms with Crippen molar-refractivity contribution in [1.82, 2.24) is 20.4 Å². The molecule has 3 rings (SSSR count). The normalized spacial score (nSPS) is 28.7. The summed E-state index contributed by atoms with van der Waals surface area (Å²) in [6, 6.07) is -0.368. The molecule has 2 aliphatic rings. The van der Waals surface area contributed by atoms with E-state index in [4.69, 9.17) is 9.47 Å². The van der Waals surface area contributed by atoms with E-state index in [1.54, 1.807) is 4.68 Å². The van der Waals surface area contributed by atoms with Crippen LogP contribution in [0.1, 0.15) is 23.9 Å². The summed E-state index contributed by atoms with van der Waals surface area (Å²) in [5.41, 5.74) is 3.03.